The summed E-state index contributed by atoms with van der Waals surface area (Å²) in [5.41, 5.74) is 4.27. The molecule has 0 spiro atoms. The summed E-state index contributed by atoms with van der Waals surface area (Å²) in [5, 5.41) is 8.95. The van der Waals surface area contributed by atoms with Gasteiger partial charge in [0, 0.05) is 13.1 Å². The van der Waals surface area contributed by atoms with Crippen molar-refractivity contribution in [2.24, 2.45) is 0 Å². The maximum absolute atomic E-state index is 8.95. The molecule has 94 valence electrons. The van der Waals surface area contributed by atoms with Crippen molar-refractivity contribution in [1.29, 1.82) is 5.26 Å². The average Bonchev–Trinajstić information content (AvgIpc) is 2.46. The highest BCUT2D eigenvalue weighted by molar-refractivity contribution is 5.48. The molecule has 1 aromatic carbocycles. The highest BCUT2D eigenvalue weighted by Crippen LogP contribution is 2.23. The molecule has 0 saturated carbocycles. The van der Waals surface area contributed by atoms with Crippen LogP contribution in [0.1, 0.15) is 22.4 Å². The first kappa shape index (κ1) is 11.7. The number of aryl methyl sites for hydroxylation is 1. The van der Waals surface area contributed by atoms with Gasteiger partial charge >= 0.3 is 0 Å². The van der Waals surface area contributed by atoms with Gasteiger partial charge in [0.05, 0.1) is 11.3 Å². The lowest BCUT2D eigenvalue weighted by molar-refractivity contribution is 0.719. The van der Waals surface area contributed by atoms with Gasteiger partial charge in [0.25, 0.3) is 0 Å². The zero-order valence-corrected chi connectivity index (χ0v) is 10.9. The highest BCUT2D eigenvalue weighted by atomic mass is 15.2. The second-order valence-corrected chi connectivity index (χ2v) is 4.85. The summed E-state index contributed by atoms with van der Waals surface area (Å²) < 4.78 is 0. The first-order valence-corrected chi connectivity index (χ1v) is 6.47. The molecule has 0 unspecified atom stereocenters. The molecule has 0 amide bonds. The number of hydrogen-bond donors (Lipinski definition) is 0. The van der Waals surface area contributed by atoms with E-state index in [-0.39, 0.29) is 0 Å². The summed E-state index contributed by atoms with van der Waals surface area (Å²) in [6.07, 6.45) is 1.05. The molecule has 1 aromatic heterocycles. The Balaban J connectivity index is 1.89. The Morgan fingerprint density at radius 1 is 1.16 bits per heavy atom. The van der Waals surface area contributed by atoms with E-state index in [1.165, 1.54) is 11.1 Å². The molecule has 0 saturated heterocycles. The van der Waals surface area contributed by atoms with E-state index >= 15 is 0 Å². The van der Waals surface area contributed by atoms with E-state index < -0.39 is 0 Å². The van der Waals surface area contributed by atoms with Gasteiger partial charge < -0.3 is 4.90 Å². The van der Waals surface area contributed by atoms with Gasteiger partial charge in [-0.2, -0.15) is 5.26 Å². The number of rotatable bonds is 1. The monoisotopic (exact) mass is 249 g/mol. The third kappa shape index (κ3) is 2.17. The second kappa shape index (κ2) is 4.74. The lowest BCUT2D eigenvalue weighted by Crippen LogP contribution is -2.31. The van der Waals surface area contributed by atoms with Crippen molar-refractivity contribution in [3.63, 3.8) is 0 Å². The smallest absolute Gasteiger partial charge is 0.129 e. The molecular formula is C16H15N3. The molecule has 3 heteroatoms. The largest absolute Gasteiger partial charge is 0.352 e. The fourth-order valence-corrected chi connectivity index (χ4v) is 2.53. The lowest BCUT2D eigenvalue weighted by Gasteiger charge is -2.30. The molecule has 2 aromatic rings. The average molecular weight is 249 g/mol. The van der Waals surface area contributed by atoms with Gasteiger partial charge in [0.15, 0.2) is 0 Å². The van der Waals surface area contributed by atoms with Crippen LogP contribution < -0.4 is 4.90 Å². The number of fused-ring (bicyclic) bond motifs is 1. The van der Waals surface area contributed by atoms with E-state index in [2.05, 4.69) is 40.2 Å². The maximum atomic E-state index is 8.95. The summed E-state index contributed by atoms with van der Waals surface area (Å²) in [6, 6.07) is 14.5. The van der Waals surface area contributed by atoms with E-state index in [9.17, 15) is 0 Å². The molecule has 0 bridgehead atoms. The van der Waals surface area contributed by atoms with Crippen LogP contribution in [0, 0.1) is 18.3 Å². The Labute approximate surface area is 113 Å². The molecule has 19 heavy (non-hydrogen) atoms. The summed E-state index contributed by atoms with van der Waals surface area (Å²) >= 11 is 0. The topological polar surface area (TPSA) is 39.9 Å². The Morgan fingerprint density at radius 3 is 2.68 bits per heavy atom. The van der Waals surface area contributed by atoms with Crippen LogP contribution in [-0.2, 0) is 13.0 Å². The number of aromatic nitrogens is 1. The summed E-state index contributed by atoms with van der Waals surface area (Å²) in [5.74, 6) is 0.964. The molecule has 0 atom stereocenters. The number of anilines is 1. The minimum Gasteiger partial charge on any atom is -0.352 e. The Bertz CT molecular complexity index is 655. The molecule has 0 aliphatic carbocycles. The van der Waals surface area contributed by atoms with Crippen molar-refractivity contribution in [1.82, 2.24) is 4.98 Å². The minimum atomic E-state index is 0.654. The van der Waals surface area contributed by atoms with Gasteiger partial charge in [-0.1, -0.05) is 24.3 Å². The SMILES string of the molecule is Cc1nc(N2CCc3ccccc3C2)ccc1C#N. The first-order valence-electron chi connectivity index (χ1n) is 6.47. The van der Waals surface area contributed by atoms with Gasteiger partial charge in [0.2, 0.25) is 0 Å². The molecule has 1 aliphatic rings. The van der Waals surface area contributed by atoms with Crippen molar-refractivity contribution >= 4 is 5.82 Å². The van der Waals surface area contributed by atoms with Crippen LogP contribution in [0.4, 0.5) is 5.82 Å². The van der Waals surface area contributed by atoms with E-state index in [1.54, 1.807) is 0 Å². The standard InChI is InChI=1S/C16H15N3/c1-12-14(10-17)6-7-16(18-12)19-9-8-13-4-2-3-5-15(13)11-19/h2-7H,8-9,11H2,1H3. The predicted octanol–water partition coefficient (Wildman–Crippen LogP) is 2.82. The number of pyridine rings is 1. The van der Waals surface area contributed by atoms with Crippen LogP contribution in [0.25, 0.3) is 0 Å². The molecule has 0 N–H and O–H groups in total. The van der Waals surface area contributed by atoms with E-state index in [4.69, 9.17) is 5.26 Å². The quantitative estimate of drug-likeness (QED) is 0.780. The molecule has 0 radical (unpaired) electrons. The summed E-state index contributed by atoms with van der Waals surface area (Å²) in [4.78, 5) is 6.82. The van der Waals surface area contributed by atoms with Crippen molar-refractivity contribution in [3.05, 3.63) is 58.8 Å². The van der Waals surface area contributed by atoms with Gasteiger partial charge in [-0.3, -0.25) is 0 Å². The van der Waals surface area contributed by atoms with Crippen molar-refractivity contribution in [2.45, 2.75) is 19.9 Å². The van der Waals surface area contributed by atoms with E-state index in [0.29, 0.717) is 5.56 Å². The number of hydrogen-bond acceptors (Lipinski definition) is 3. The van der Waals surface area contributed by atoms with E-state index in [1.807, 2.05) is 19.1 Å². The fraction of sp³-hybridized carbons (Fsp3) is 0.250. The molecule has 1 aliphatic heterocycles. The number of benzene rings is 1. The van der Waals surface area contributed by atoms with E-state index in [0.717, 1.165) is 31.0 Å². The zero-order valence-electron chi connectivity index (χ0n) is 10.9. The third-order valence-corrected chi connectivity index (χ3v) is 3.65. The number of nitriles is 1. The maximum Gasteiger partial charge on any atom is 0.129 e. The van der Waals surface area contributed by atoms with Crippen LogP contribution in [0.3, 0.4) is 0 Å². The highest BCUT2D eigenvalue weighted by Gasteiger charge is 2.17. The van der Waals surface area contributed by atoms with Crippen LogP contribution >= 0.6 is 0 Å². The van der Waals surface area contributed by atoms with Gasteiger partial charge in [-0.25, -0.2) is 4.98 Å². The number of nitrogens with zero attached hydrogens (tertiary/aromatic N) is 3. The Kier molecular flexibility index (Phi) is 2.92. The normalized spacial score (nSPS) is 13.8. The molecule has 2 heterocycles. The molecule has 3 rings (SSSR count). The van der Waals surface area contributed by atoms with Gasteiger partial charge in [0.1, 0.15) is 11.9 Å². The van der Waals surface area contributed by atoms with Crippen LogP contribution in [-0.4, -0.2) is 11.5 Å². The van der Waals surface area contributed by atoms with Gasteiger partial charge in [-0.15, -0.1) is 0 Å². The third-order valence-electron chi connectivity index (χ3n) is 3.65. The zero-order chi connectivity index (χ0) is 13.2. The molecule has 0 fully saturated rings. The second-order valence-electron chi connectivity index (χ2n) is 4.85. The van der Waals surface area contributed by atoms with Gasteiger partial charge in [-0.05, 0) is 36.6 Å². The van der Waals surface area contributed by atoms with Crippen molar-refractivity contribution in [2.75, 3.05) is 11.4 Å². The minimum absolute atomic E-state index is 0.654. The lowest BCUT2D eigenvalue weighted by atomic mass is 10.00. The van der Waals surface area contributed by atoms with Crippen molar-refractivity contribution < 1.29 is 0 Å². The fourth-order valence-electron chi connectivity index (χ4n) is 2.53. The molecule has 3 nitrogen and oxygen atoms in total. The summed E-state index contributed by atoms with van der Waals surface area (Å²) in [6.45, 7) is 3.77. The van der Waals surface area contributed by atoms with Crippen LogP contribution in [0.5, 0.6) is 0 Å². The van der Waals surface area contributed by atoms with Crippen molar-refractivity contribution in [3.8, 4) is 6.07 Å². The van der Waals surface area contributed by atoms with Crippen LogP contribution in [0.2, 0.25) is 0 Å². The Morgan fingerprint density at radius 2 is 1.95 bits per heavy atom. The molecular weight excluding hydrogens is 234 g/mol. The first-order chi connectivity index (χ1) is 9.28. The predicted molar refractivity (Wildman–Crippen MR) is 74.9 cm³/mol. The summed E-state index contributed by atoms with van der Waals surface area (Å²) in [7, 11) is 0. The van der Waals surface area contributed by atoms with Crippen LogP contribution in [0.15, 0.2) is 36.4 Å². The Hall–Kier alpha value is -2.34.